The molecule has 6 nitrogen and oxygen atoms in total. The van der Waals surface area contributed by atoms with Gasteiger partial charge in [0.2, 0.25) is 0 Å². The summed E-state index contributed by atoms with van der Waals surface area (Å²) < 4.78 is 0. The van der Waals surface area contributed by atoms with Gasteiger partial charge in [-0.2, -0.15) is 0 Å². The van der Waals surface area contributed by atoms with Crippen molar-refractivity contribution in [3.8, 4) is 0 Å². The van der Waals surface area contributed by atoms with Crippen molar-refractivity contribution < 1.29 is 38.0 Å². The summed E-state index contributed by atoms with van der Waals surface area (Å²) in [7, 11) is 0. The van der Waals surface area contributed by atoms with Crippen LogP contribution in [0.25, 0.3) is 0 Å². The quantitative estimate of drug-likeness (QED) is 0.326. The molecule has 0 aromatic rings. The van der Waals surface area contributed by atoms with Crippen molar-refractivity contribution in [2.45, 2.75) is 6.92 Å². The van der Waals surface area contributed by atoms with Crippen LogP contribution in [0.4, 0.5) is 0 Å². The molecule has 0 radical (unpaired) electrons. The van der Waals surface area contributed by atoms with Gasteiger partial charge in [0.25, 0.3) is 0 Å². The Morgan fingerprint density at radius 3 is 1.56 bits per heavy atom. The van der Waals surface area contributed by atoms with Crippen LogP contribution in [0.15, 0.2) is 0 Å². The van der Waals surface area contributed by atoms with Crippen LogP contribution in [0.3, 0.4) is 0 Å². The number of hydrogen-bond donors (Lipinski definition) is 1. The third-order valence-corrected chi connectivity index (χ3v) is 0. The Hall–Kier alpha value is -0.140. The van der Waals surface area contributed by atoms with Crippen LogP contribution in [-0.2, 0) is 22.4 Å². The molecule has 0 saturated carbocycles. The Morgan fingerprint density at radius 2 is 1.56 bits per heavy atom. The van der Waals surface area contributed by atoms with Crippen LogP contribution in [0.1, 0.15) is 6.92 Å². The molecule has 0 spiro atoms. The molecule has 62 valence electrons. The van der Waals surface area contributed by atoms with Gasteiger partial charge in [0.1, 0.15) is 0 Å². The monoisotopic (exact) mass is 233 g/mol. The van der Waals surface area contributed by atoms with Crippen LogP contribution >= 0.6 is 0 Å². The zero-order chi connectivity index (χ0) is 6.28. The minimum atomic E-state index is -1.75. The van der Waals surface area contributed by atoms with Crippen molar-refractivity contribution in [1.82, 2.24) is 0 Å². The van der Waals surface area contributed by atoms with Crippen LogP contribution in [0.2, 0.25) is 0 Å². The molecule has 0 aliphatic heterocycles. The Bertz CT molecular complexity index is 46.2. The summed E-state index contributed by atoms with van der Waals surface area (Å²) in [4.78, 5) is 8.25. The van der Waals surface area contributed by atoms with E-state index in [1.165, 1.54) is 0 Å². The Labute approximate surface area is 67.4 Å². The van der Waals surface area contributed by atoms with Crippen molar-refractivity contribution in [3.05, 3.63) is 15.3 Å². The molecule has 0 heterocycles. The zero-order valence-corrected chi connectivity index (χ0v) is 6.11. The first kappa shape index (κ1) is 23.2. The normalized spacial score (nSPS) is 4.67. The van der Waals surface area contributed by atoms with Gasteiger partial charge in [-0.15, -0.1) is 0 Å². The largest absolute Gasteiger partial charge is 1.00 e. The van der Waals surface area contributed by atoms with E-state index in [0.717, 1.165) is 0 Å². The van der Waals surface area contributed by atoms with Gasteiger partial charge in [-0.25, -0.2) is 0 Å². The molecule has 0 aromatic heterocycles. The van der Waals surface area contributed by atoms with Gasteiger partial charge < -0.3 is 25.9 Å². The first-order valence-corrected chi connectivity index (χ1v) is 1.57. The number of aliphatic hydroxyl groups is 1. The first-order chi connectivity index (χ1) is 3.15. The molecule has 0 bridgehead atoms. The maximum Gasteiger partial charge on any atom is 1.00 e. The maximum absolute atomic E-state index is 8.25. The fourth-order valence-electron chi connectivity index (χ4n) is 0. The van der Waals surface area contributed by atoms with E-state index < -0.39 is 5.09 Å². The molecule has 0 aliphatic rings. The number of hydrogen-bond acceptors (Lipinski definition) is 4. The van der Waals surface area contributed by atoms with Crippen molar-refractivity contribution in [2.75, 3.05) is 6.61 Å². The van der Waals surface area contributed by atoms with Crippen LogP contribution in [0, 0.1) is 15.3 Å². The molecule has 7 heteroatoms. The molecule has 0 fully saturated rings. The first-order valence-electron chi connectivity index (χ1n) is 1.57. The van der Waals surface area contributed by atoms with E-state index in [-0.39, 0.29) is 34.5 Å². The molecule has 9 heavy (non-hydrogen) atoms. The number of nitrogens with zero attached hydrogens (tertiary/aromatic N) is 1. The summed E-state index contributed by atoms with van der Waals surface area (Å²) in [5.41, 5.74) is 0. The van der Waals surface area contributed by atoms with Gasteiger partial charge >= 0.3 is 22.4 Å². The Balaban J connectivity index is -0.0000000233. The van der Waals surface area contributed by atoms with Gasteiger partial charge in [0.05, 0.1) is 5.09 Å². The maximum atomic E-state index is 8.25. The molecular weight excluding hydrogens is 226 g/mol. The fourth-order valence-corrected chi connectivity index (χ4v) is 0. The second-order valence-corrected chi connectivity index (χ2v) is 0.540. The molecule has 3 N–H and O–H groups in total. The average Bonchev–Trinajstić information content (AvgIpc) is 1.33. The third kappa shape index (κ3) is 13800. The van der Waals surface area contributed by atoms with Gasteiger partial charge in [0.15, 0.2) is 0 Å². The van der Waals surface area contributed by atoms with E-state index in [1.807, 2.05) is 0 Å². The number of aliphatic hydroxyl groups excluding tert-OH is 1. The summed E-state index contributed by atoms with van der Waals surface area (Å²) >= 11 is 0. The van der Waals surface area contributed by atoms with E-state index in [9.17, 15) is 0 Å². The minimum absolute atomic E-state index is 0. The predicted molar refractivity (Wildman–Crippen MR) is 26.7 cm³/mol. The Kier molecular flexibility index (Phi) is 63.9. The summed E-state index contributed by atoms with van der Waals surface area (Å²) in [5, 5.41) is 22.3. The summed E-state index contributed by atoms with van der Waals surface area (Å²) in [6.07, 6.45) is 0. The summed E-state index contributed by atoms with van der Waals surface area (Å²) in [6.45, 7) is 1.93. The van der Waals surface area contributed by atoms with Crippen molar-refractivity contribution in [2.24, 2.45) is 0 Å². The fraction of sp³-hybridized carbons (Fsp3) is 1.00. The number of rotatable bonds is 0. The van der Waals surface area contributed by atoms with Gasteiger partial charge in [-0.05, 0) is 6.92 Å². The van der Waals surface area contributed by atoms with E-state index in [0.29, 0.717) is 0 Å². The molecule has 0 unspecified atom stereocenters. The molecule has 0 saturated heterocycles. The average molecular weight is 234 g/mol. The zero-order valence-electron chi connectivity index (χ0n) is 4.63. The molecular formula is C2H8AgNO5. The second-order valence-electron chi connectivity index (χ2n) is 0.540. The SMILES string of the molecule is CCO.O.O=[N+]([O-])[O-].[Ag+]. The van der Waals surface area contributed by atoms with Crippen LogP contribution < -0.4 is 0 Å². The topological polar surface area (TPSA) is 118 Å². The summed E-state index contributed by atoms with van der Waals surface area (Å²) in [6, 6.07) is 0. The third-order valence-electron chi connectivity index (χ3n) is 0. The molecule has 0 aliphatic carbocycles. The minimum Gasteiger partial charge on any atom is -0.412 e. The van der Waals surface area contributed by atoms with Crippen molar-refractivity contribution in [1.29, 1.82) is 0 Å². The van der Waals surface area contributed by atoms with Crippen molar-refractivity contribution >= 4 is 0 Å². The second kappa shape index (κ2) is 24.8. The molecule has 0 aromatic carbocycles. The molecule has 0 atom stereocenters. The van der Waals surface area contributed by atoms with E-state index in [1.54, 1.807) is 6.92 Å². The molecule has 0 amide bonds. The van der Waals surface area contributed by atoms with E-state index in [4.69, 9.17) is 20.4 Å². The van der Waals surface area contributed by atoms with Gasteiger partial charge in [-0.1, -0.05) is 0 Å². The van der Waals surface area contributed by atoms with Gasteiger partial charge in [0, 0.05) is 6.61 Å². The standard InChI is InChI=1S/C2H6O.Ag.NO3.H2O/c1-2-3;;2-1(3)4;/h3H,2H2,1H3;;;1H2/q;+1;-1;. The van der Waals surface area contributed by atoms with E-state index >= 15 is 0 Å². The van der Waals surface area contributed by atoms with Crippen molar-refractivity contribution in [3.63, 3.8) is 0 Å². The molecule has 0 rings (SSSR count). The Morgan fingerprint density at radius 1 is 1.56 bits per heavy atom. The van der Waals surface area contributed by atoms with Gasteiger partial charge in [-0.3, -0.25) is 0 Å². The van der Waals surface area contributed by atoms with Crippen LogP contribution in [-0.4, -0.2) is 22.3 Å². The van der Waals surface area contributed by atoms with Crippen LogP contribution in [0.5, 0.6) is 0 Å². The smallest absolute Gasteiger partial charge is 0.412 e. The predicted octanol–water partition coefficient (Wildman–Crippen LogP) is -1.07. The summed E-state index contributed by atoms with van der Waals surface area (Å²) in [5.74, 6) is 0. The van der Waals surface area contributed by atoms with E-state index in [2.05, 4.69) is 0 Å².